The molecule has 0 heterocycles. The second kappa shape index (κ2) is 5.02. The third-order valence-corrected chi connectivity index (χ3v) is 0.895. The molecule has 2 heteroatoms. The molecule has 0 atom stereocenters. The molecule has 0 bridgehead atoms. The quantitative estimate of drug-likeness (QED) is 0.515. The summed E-state index contributed by atoms with van der Waals surface area (Å²) >= 11 is 0. The molecule has 0 amide bonds. The van der Waals surface area contributed by atoms with E-state index < -0.39 is 0 Å². The van der Waals surface area contributed by atoms with Crippen molar-refractivity contribution < 1.29 is 0 Å². The van der Waals surface area contributed by atoms with Gasteiger partial charge in [-0.1, -0.05) is 12.2 Å². The van der Waals surface area contributed by atoms with E-state index in [1.54, 1.807) is 0 Å². The Bertz CT molecular complexity index is 86.5. The van der Waals surface area contributed by atoms with Gasteiger partial charge < -0.3 is 4.90 Å². The van der Waals surface area contributed by atoms with Crippen LogP contribution in [-0.4, -0.2) is 31.3 Å². The number of hydrogen-bond donors (Lipinski definition) is 0. The zero-order valence-corrected chi connectivity index (χ0v) is 6.39. The van der Waals surface area contributed by atoms with Crippen LogP contribution in [0.3, 0.4) is 0 Å². The fourth-order valence-electron chi connectivity index (χ4n) is 0.340. The maximum Gasteiger partial charge on any atom is 0.0160 e. The molecule has 0 N–H and O–H groups in total. The van der Waals surface area contributed by atoms with Crippen LogP contribution in [0.15, 0.2) is 12.2 Å². The van der Waals surface area contributed by atoms with Crippen LogP contribution in [0.4, 0.5) is 0 Å². The Morgan fingerprint density at radius 2 is 2.12 bits per heavy atom. The van der Waals surface area contributed by atoms with Crippen molar-refractivity contribution in [2.75, 3.05) is 20.6 Å². The van der Waals surface area contributed by atoms with E-state index in [4.69, 9.17) is 0 Å². The van der Waals surface area contributed by atoms with Gasteiger partial charge in [-0.25, -0.2) is 0 Å². The van der Waals surface area contributed by atoms with E-state index in [0.29, 0.717) is 0 Å². The Morgan fingerprint density at radius 1 is 1.50 bits per heavy atom. The van der Waals surface area contributed by atoms with Crippen LogP contribution in [-0.2, 0) is 0 Å². The molecule has 1 nitrogen and oxygen atoms in total. The van der Waals surface area contributed by atoms with Crippen molar-refractivity contribution in [3.05, 3.63) is 12.2 Å². The first kappa shape index (κ1) is 7.87. The maximum atomic E-state index is 3.21. The monoisotopic (exact) mass is 129 g/mol. The topological polar surface area (TPSA) is 3.24 Å². The summed E-state index contributed by atoms with van der Waals surface area (Å²) in [6.07, 6.45) is 4.05. The van der Waals surface area contributed by atoms with Crippen LogP contribution in [0, 0.1) is 0 Å². The zero-order valence-electron chi connectivity index (χ0n) is 5.39. The van der Waals surface area contributed by atoms with Crippen molar-refractivity contribution in [1.29, 1.82) is 0 Å². The second-order valence-corrected chi connectivity index (χ2v) is 2.19. The summed E-state index contributed by atoms with van der Waals surface area (Å²) in [5.74, 6) is 1.84. The molecule has 0 rings (SSSR count). The van der Waals surface area contributed by atoms with E-state index in [1.165, 1.54) is 0 Å². The molecule has 46 valence electrons. The van der Waals surface area contributed by atoms with Gasteiger partial charge >= 0.3 is 0 Å². The fourth-order valence-corrected chi connectivity index (χ4v) is 0.476. The zero-order chi connectivity index (χ0) is 6.41. The van der Waals surface area contributed by atoms with Gasteiger partial charge in [0.2, 0.25) is 0 Å². The average molecular weight is 129 g/mol. The normalized spacial score (nSPS) is 10.9. The summed E-state index contributed by atoms with van der Waals surface area (Å²) in [5, 5.41) is 0. The summed E-state index contributed by atoms with van der Waals surface area (Å²) in [4.78, 5) is 2.10. The van der Waals surface area contributed by atoms with Gasteiger partial charge in [-0.15, -0.1) is 8.86 Å². The van der Waals surface area contributed by atoms with Gasteiger partial charge in [0, 0.05) is 6.54 Å². The van der Waals surface area contributed by atoms with Crippen LogP contribution >= 0.6 is 8.86 Å². The molecule has 0 fully saturated rings. The summed E-state index contributed by atoms with van der Waals surface area (Å²) in [6.45, 7) is 1.00. The van der Waals surface area contributed by atoms with E-state index >= 15 is 0 Å². The van der Waals surface area contributed by atoms with Crippen LogP contribution in [0.1, 0.15) is 0 Å². The van der Waals surface area contributed by atoms with Gasteiger partial charge in [-0.2, -0.15) is 0 Å². The van der Waals surface area contributed by atoms with Gasteiger partial charge in [0.1, 0.15) is 0 Å². The Labute approximate surface area is 53.2 Å². The number of hydrogen-bond acceptors (Lipinski definition) is 1. The Kier molecular flexibility index (Phi) is 4.93. The number of allylic oxidation sites excluding steroid dienone is 1. The molecule has 0 unspecified atom stereocenters. The predicted molar refractivity (Wildman–Crippen MR) is 42.1 cm³/mol. The van der Waals surface area contributed by atoms with Crippen molar-refractivity contribution in [1.82, 2.24) is 4.90 Å². The largest absolute Gasteiger partial charge is 0.306 e. The lowest BCUT2D eigenvalue weighted by molar-refractivity contribution is 0.456. The number of rotatable bonds is 3. The van der Waals surface area contributed by atoms with Crippen LogP contribution in [0.2, 0.25) is 0 Å². The van der Waals surface area contributed by atoms with Crippen LogP contribution in [0.25, 0.3) is 0 Å². The third kappa shape index (κ3) is 5.87. The Balaban J connectivity index is 3.15. The van der Waals surface area contributed by atoms with Gasteiger partial charge in [0.05, 0.1) is 0 Å². The van der Waals surface area contributed by atoms with Crippen molar-refractivity contribution in [2.24, 2.45) is 0 Å². The smallest absolute Gasteiger partial charge is 0.0160 e. The lowest BCUT2D eigenvalue weighted by Gasteiger charge is -2.02. The fraction of sp³-hybridized carbons (Fsp3) is 0.500. The highest BCUT2D eigenvalue weighted by Crippen LogP contribution is 1.74. The standard InChI is InChI=1S/C6H12NP/c1-7(2)5-3-4-6-8/h3-4,6,8H,5H2,1-2H3/b4-3+. The molecule has 0 aliphatic heterocycles. The van der Waals surface area contributed by atoms with E-state index in [1.807, 2.05) is 26.0 Å². The molecule has 8 heavy (non-hydrogen) atoms. The molecule has 0 aliphatic rings. The maximum absolute atomic E-state index is 3.21. The molecule has 0 saturated heterocycles. The molecule has 0 radical (unpaired) electrons. The lowest BCUT2D eigenvalue weighted by Crippen LogP contribution is -2.10. The summed E-state index contributed by atoms with van der Waals surface area (Å²) < 4.78 is 0. The molecule has 0 aromatic carbocycles. The highest BCUT2D eigenvalue weighted by atomic mass is 31.0. The van der Waals surface area contributed by atoms with Gasteiger partial charge in [-0.05, 0) is 19.9 Å². The van der Waals surface area contributed by atoms with Gasteiger partial charge in [-0.3, -0.25) is 0 Å². The molecular formula is C6H12NP. The van der Waals surface area contributed by atoms with Crippen LogP contribution in [0.5, 0.6) is 0 Å². The first-order chi connectivity index (χ1) is 3.77. The first-order valence-corrected chi connectivity index (χ1v) is 3.15. The van der Waals surface area contributed by atoms with E-state index in [0.717, 1.165) is 6.54 Å². The average Bonchev–Trinajstić information content (AvgIpc) is 1.66. The number of nitrogens with zero attached hydrogens (tertiary/aromatic N) is 1. The molecule has 0 saturated carbocycles. The molecule has 0 aromatic rings. The summed E-state index contributed by atoms with van der Waals surface area (Å²) in [6, 6.07) is 0. The second-order valence-electron chi connectivity index (χ2n) is 1.86. The van der Waals surface area contributed by atoms with Crippen molar-refractivity contribution >= 4 is 14.7 Å². The SMILES string of the molecule is CN(C)C/C=C/C=P. The number of likely N-dealkylation sites (N-methyl/N-ethyl adjacent to an activating group) is 1. The third-order valence-electron chi connectivity index (χ3n) is 0.703. The summed E-state index contributed by atoms with van der Waals surface area (Å²) in [5.41, 5.74) is 0. The van der Waals surface area contributed by atoms with Crippen molar-refractivity contribution in [3.63, 3.8) is 0 Å². The highest BCUT2D eigenvalue weighted by Gasteiger charge is 1.77. The van der Waals surface area contributed by atoms with Crippen molar-refractivity contribution in [2.45, 2.75) is 0 Å². The Hall–Kier alpha value is -0.130. The van der Waals surface area contributed by atoms with Crippen LogP contribution < -0.4 is 0 Å². The minimum Gasteiger partial charge on any atom is -0.306 e. The minimum atomic E-state index is 1.00. The molecule has 0 aliphatic carbocycles. The summed E-state index contributed by atoms with van der Waals surface area (Å²) in [7, 11) is 7.29. The van der Waals surface area contributed by atoms with Gasteiger partial charge in [0.15, 0.2) is 0 Å². The van der Waals surface area contributed by atoms with E-state index in [-0.39, 0.29) is 0 Å². The van der Waals surface area contributed by atoms with E-state index in [2.05, 4.69) is 19.8 Å². The first-order valence-electron chi connectivity index (χ1n) is 2.57. The predicted octanol–water partition coefficient (Wildman–Crippen LogP) is 1.05. The minimum absolute atomic E-state index is 1.00. The molecule has 0 spiro atoms. The Morgan fingerprint density at radius 3 is 2.50 bits per heavy atom. The lowest BCUT2D eigenvalue weighted by atomic mass is 10.5. The highest BCUT2D eigenvalue weighted by molar-refractivity contribution is 7.18. The molecule has 0 aromatic heterocycles. The molecular weight excluding hydrogens is 117 g/mol. The van der Waals surface area contributed by atoms with Gasteiger partial charge in [0.25, 0.3) is 0 Å². The van der Waals surface area contributed by atoms with E-state index in [9.17, 15) is 0 Å². The van der Waals surface area contributed by atoms with Crippen molar-refractivity contribution in [3.8, 4) is 0 Å².